The van der Waals surface area contributed by atoms with Gasteiger partial charge in [-0.05, 0) is 19.3 Å². The van der Waals surface area contributed by atoms with E-state index in [2.05, 4.69) is 6.58 Å². The Labute approximate surface area is 91.4 Å². The Morgan fingerprint density at radius 1 is 1.27 bits per heavy atom. The van der Waals surface area contributed by atoms with Gasteiger partial charge < -0.3 is 14.2 Å². The Hall–Kier alpha value is -0.380. The third-order valence-corrected chi connectivity index (χ3v) is 3.27. The number of allylic oxidation sites excluding steroid dienone is 1. The zero-order valence-corrected chi connectivity index (χ0v) is 9.24. The van der Waals surface area contributed by atoms with Gasteiger partial charge in [-0.15, -0.1) is 6.58 Å². The van der Waals surface area contributed by atoms with Gasteiger partial charge >= 0.3 is 0 Å². The van der Waals surface area contributed by atoms with Crippen LogP contribution in [0.4, 0.5) is 0 Å². The third kappa shape index (κ3) is 2.41. The van der Waals surface area contributed by atoms with E-state index in [9.17, 15) is 0 Å². The molecule has 86 valence electrons. The second-order valence-corrected chi connectivity index (χ2v) is 4.25. The van der Waals surface area contributed by atoms with Crippen molar-refractivity contribution in [3.63, 3.8) is 0 Å². The molecular formula is C12H20O3. The average molecular weight is 212 g/mol. The van der Waals surface area contributed by atoms with Gasteiger partial charge in [0.1, 0.15) is 0 Å². The zero-order valence-electron chi connectivity index (χ0n) is 9.24. The summed E-state index contributed by atoms with van der Waals surface area (Å²) in [5, 5.41) is 0. The molecule has 3 heteroatoms. The van der Waals surface area contributed by atoms with Gasteiger partial charge in [0, 0.05) is 12.3 Å². The first-order valence-electron chi connectivity index (χ1n) is 5.84. The van der Waals surface area contributed by atoms with Crippen molar-refractivity contribution in [2.45, 2.75) is 31.5 Å². The molecule has 0 aromatic heterocycles. The van der Waals surface area contributed by atoms with E-state index in [1.165, 1.54) is 0 Å². The first-order valence-corrected chi connectivity index (χ1v) is 5.84. The van der Waals surface area contributed by atoms with Crippen molar-refractivity contribution in [1.29, 1.82) is 0 Å². The van der Waals surface area contributed by atoms with E-state index in [1.807, 2.05) is 6.08 Å². The molecule has 1 atom stereocenters. The van der Waals surface area contributed by atoms with Crippen LogP contribution in [0.5, 0.6) is 0 Å². The Kier molecular flexibility index (Phi) is 3.78. The molecule has 2 aliphatic rings. The fourth-order valence-corrected chi connectivity index (χ4v) is 2.43. The molecule has 2 rings (SSSR count). The minimum atomic E-state index is -0.320. The van der Waals surface area contributed by atoms with Crippen LogP contribution in [0.25, 0.3) is 0 Å². The molecule has 0 N–H and O–H groups in total. The molecule has 2 saturated heterocycles. The van der Waals surface area contributed by atoms with Crippen molar-refractivity contribution in [2.75, 3.05) is 26.4 Å². The van der Waals surface area contributed by atoms with Crippen molar-refractivity contribution in [3.05, 3.63) is 12.7 Å². The van der Waals surface area contributed by atoms with Crippen molar-refractivity contribution in [2.24, 2.45) is 5.92 Å². The molecule has 3 nitrogen and oxygen atoms in total. The van der Waals surface area contributed by atoms with Gasteiger partial charge in [-0.1, -0.05) is 6.08 Å². The Morgan fingerprint density at radius 3 is 2.80 bits per heavy atom. The highest BCUT2D eigenvalue weighted by molar-refractivity contribution is 4.86. The van der Waals surface area contributed by atoms with Gasteiger partial charge in [0.15, 0.2) is 5.79 Å². The second kappa shape index (κ2) is 5.10. The van der Waals surface area contributed by atoms with E-state index in [1.54, 1.807) is 0 Å². The molecule has 0 radical (unpaired) electrons. The van der Waals surface area contributed by atoms with Crippen molar-refractivity contribution in [1.82, 2.24) is 0 Å². The molecule has 2 aliphatic heterocycles. The van der Waals surface area contributed by atoms with Gasteiger partial charge in [-0.3, -0.25) is 0 Å². The normalized spacial score (nSPS) is 29.5. The highest BCUT2D eigenvalue weighted by Gasteiger charge is 2.45. The van der Waals surface area contributed by atoms with Gasteiger partial charge in [0.05, 0.1) is 26.4 Å². The van der Waals surface area contributed by atoms with Crippen LogP contribution in [0.3, 0.4) is 0 Å². The fraction of sp³-hybridized carbons (Fsp3) is 0.833. The van der Waals surface area contributed by atoms with Gasteiger partial charge in [-0.2, -0.15) is 0 Å². The largest absolute Gasteiger partial charge is 0.381 e. The van der Waals surface area contributed by atoms with Crippen LogP contribution in [0.2, 0.25) is 0 Å². The second-order valence-electron chi connectivity index (χ2n) is 4.25. The maximum Gasteiger partial charge on any atom is 0.175 e. The number of hydrogen-bond acceptors (Lipinski definition) is 3. The highest BCUT2D eigenvalue weighted by atomic mass is 16.7. The van der Waals surface area contributed by atoms with Crippen LogP contribution in [-0.2, 0) is 14.2 Å². The first-order chi connectivity index (χ1) is 7.37. The highest BCUT2D eigenvalue weighted by Crippen LogP contribution is 2.37. The van der Waals surface area contributed by atoms with Crippen LogP contribution in [0.1, 0.15) is 25.7 Å². The predicted molar refractivity (Wildman–Crippen MR) is 57.6 cm³/mol. The zero-order chi connectivity index (χ0) is 10.6. The predicted octanol–water partition coefficient (Wildman–Crippen LogP) is 2.12. The fourth-order valence-electron chi connectivity index (χ4n) is 2.43. The quantitative estimate of drug-likeness (QED) is 0.527. The number of hydrogen-bond donors (Lipinski definition) is 0. The number of ether oxygens (including phenoxy) is 3. The summed E-state index contributed by atoms with van der Waals surface area (Å²) >= 11 is 0. The van der Waals surface area contributed by atoms with Gasteiger partial charge in [0.25, 0.3) is 0 Å². The van der Waals surface area contributed by atoms with E-state index in [0.29, 0.717) is 5.92 Å². The van der Waals surface area contributed by atoms with Crippen LogP contribution >= 0.6 is 0 Å². The molecule has 0 saturated carbocycles. The molecule has 2 heterocycles. The lowest BCUT2D eigenvalue weighted by molar-refractivity contribution is -0.241. The molecule has 0 amide bonds. The Morgan fingerprint density at radius 2 is 2.07 bits per heavy atom. The lowest BCUT2D eigenvalue weighted by Crippen LogP contribution is -2.46. The van der Waals surface area contributed by atoms with Gasteiger partial charge in [0.2, 0.25) is 0 Å². The maximum absolute atomic E-state index is 5.80. The summed E-state index contributed by atoms with van der Waals surface area (Å²) in [7, 11) is 0. The smallest absolute Gasteiger partial charge is 0.175 e. The molecule has 15 heavy (non-hydrogen) atoms. The van der Waals surface area contributed by atoms with Crippen molar-refractivity contribution >= 4 is 0 Å². The lowest BCUT2D eigenvalue weighted by atomic mass is 9.89. The molecule has 0 aromatic carbocycles. The average Bonchev–Trinajstić information content (AvgIpc) is 2.71. The van der Waals surface area contributed by atoms with Crippen LogP contribution < -0.4 is 0 Å². The lowest BCUT2D eigenvalue weighted by Gasteiger charge is -2.39. The first kappa shape index (κ1) is 11.1. The van der Waals surface area contributed by atoms with E-state index in [-0.39, 0.29) is 5.79 Å². The summed E-state index contributed by atoms with van der Waals surface area (Å²) in [6.45, 7) is 6.74. The minimum Gasteiger partial charge on any atom is -0.381 e. The molecule has 2 fully saturated rings. The van der Waals surface area contributed by atoms with E-state index in [4.69, 9.17) is 14.2 Å². The third-order valence-electron chi connectivity index (χ3n) is 3.27. The van der Waals surface area contributed by atoms with Crippen molar-refractivity contribution < 1.29 is 14.2 Å². The summed E-state index contributed by atoms with van der Waals surface area (Å²) in [5.41, 5.74) is 0. The van der Waals surface area contributed by atoms with E-state index < -0.39 is 0 Å². The van der Waals surface area contributed by atoms with Crippen LogP contribution in [0, 0.1) is 5.92 Å². The molecular weight excluding hydrogens is 192 g/mol. The van der Waals surface area contributed by atoms with Crippen LogP contribution in [-0.4, -0.2) is 32.2 Å². The van der Waals surface area contributed by atoms with Crippen LogP contribution in [0.15, 0.2) is 12.7 Å². The monoisotopic (exact) mass is 212 g/mol. The summed E-state index contributed by atoms with van der Waals surface area (Å²) in [4.78, 5) is 0. The van der Waals surface area contributed by atoms with Gasteiger partial charge in [-0.25, -0.2) is 0 Å². The molecule has 0 aromatic rings. The summed E-state index contributed by atoms with van der Waals surface area (Å²) in [5.74, 6) is 0.0769. The number of rotatable bonds is 4. The van der Waals surface area contributed by atoms with E-state index >= 15 is 0 Å². The topological polar surface area (TPSA) is 27.7 Å². The Balaban J connectivity index is 1.90. The SMILES string of the molecule is C=CCCCC1COCCC12OCCO2. The summed E-state index contributed by atoms with van der Waals surface area (Å²) in [6, 6.07) is 0. The molecule has 0 aliphatic carbocycles. The molecule has 0 bridgehead atoms. The minimum absolute atomic E-state index is 0.320. The standard InChI is InChI=1S/C12H20O3/c1-2-3-4-5-11-10-13-7-6-12(11)14-8-9-15-12/h2,11H,1,3-10H2. The molecule has 1 unspecified atom stereocenters. The maximum atomic E-state index is 5.80. The van der Waals surface area contributed by atoms with Crippen molar-refractivity contribution in [3.8, 4) is 0 Å². The summed E-state index contributed by atoms with van der Waals surface area (Å²) in [6.07, 6.45) is 6.16. The molecule has 1 spiro atoms. The summed E-state index contributed by atoms with van der Waals surface area (Å²) < 4.78 is 17.1. The number of unbranched alkanes of at least 4 members (excludes halogenated alkanes) is 1. The Bertz CT molecular complexity index is 209. The van der Waals surface area contributed by atoms with E-state index in [0.717, 1.165) is 52.1 Å².